The molecule has 0 fully saturated rings. The van der Waals surface area contributed by atoms with Crippen molar-refractivity contribution in [1.29, 1.82) is 0 Å². The minimum absolute atomic E-state index is 0.109. The first-order valence-corrected chi connectivity index (χ1v) is 6.71. The van der Waals surface area contributed by atoms with Crippen molar-refractivity contribution in [3.8, 4) is 0 Å². The molecule has 0 spiro atoms. The Morgan fingerprint density at radius 3 is 2.44 bits per heavy atom. The van der Waals surface area contributed by atoms with E-state index in [1.807, 2.05) is 12.1 Å². The third kappa shape index (κ3) is 5.45. The number of hydrogen-bond acceptors (Lipinski definition) is 4. The molecule has 1 aromatic rings. The largest absolute Gasteiger partial charge is 0.358 e. The molecular weight excluding hydrogens is 224 g/mol. The van der Waals surface area contributed by atoms with E-state index in [0.29, 0.717) is 0 Å². The quantitative estimate of drug-likeness (QED) is 0.842. The molecule has 0 aliphatic rings. The normalized spacial score (nSPS) is 11.6. The van der Waals surface area contributed by atoms with Crippen LogP contribution in [0.25, 0.3) is 0 Å². The van der Waals surface area contributed by atoms with Crippen molar-refractivity contribution in [2.45, 2.75) is 52.6 Å². The third-order valence-electron chi connectivity index (χ3n) is 2.74. The van der Waals surface area contributed by atoms with Crippen LogP contribution in [0.3, 0.4) is 0 Å². The maximum atomic E-state index is 4.27. The number of rotatable bonds is 6. The maximum Gasteiger partial charge on any atom is 0.150 e. The molecule has 0 radical (unpaired) electrons. The molecule has 0 unspecified atom stereocenters. The van der Waals surface area contributed by atoms with Gasteiger partial charge in [0.2, 0.25) is 0 Å². The van der Waals surface area contributed by atoms with Crippen molar-refractivity contribution < 1.29 is 0 Å². The lowest BCUT2D eigenvalue weighted by Crippen LogP contribution is -2.35. The molecule has 4 nitrogen and oxygen atoms in total. The van der Waals surface area contributed by atoms with E-state index in [0.717, 1.165) is 24.6 Å². The van der Waals surface area contributed by atoms with Gasteiger partial charge < -0.3 is 10.2 Å². The lowest BCUT2D eigenvalue weighted by atomic mass is 10.1. The summed E-state index contributed by atoms with van der Waals surface area (Å²) < 4.78 is 0. The van der Waals surface area contributed by atoms with Crippen LogP contribution in [0, 0.1) is 0 Å². The first kappa shape index (κ1) is 14.9. The molecule has 0 atom stereocenters. The monoisotopic (exact) mass is 250 g/mol. The van der Waals surface area contributed by atoms with Crippen LogP contribution in [-0.4, -0.2) is 29.3 Å². The molecule has 102 valence electrons. The first-order valence-electron chi connectivity index (χ1n) is 6.71. The van der Waals surface area contributed by atoms with E-state index < -0.39 is 0 Å². The Kier molecular flexibility index (Phi) is 5.54. The van der Waals surface area contributed by atoms with Gasteiger partial charge in [-0.15, -0.1) is 5.10 Å². The van der Waals surface area contributed by atoms with Gasteiger partial charge in [-0.05, 0) is 39.3 Å². The smallest absolute Gasteiger partial charge is 0.150 e. The van der Waals surface area contributed by atoms with Crippen LogP contribution in [0.15, 0.2) is 12.1 Å². The Morgan fingerprint density at radius 1 is 1.22 bits per heavy atom. The van der Waals surface area contributed by atoms with E-state index in [2.05, 4.69) is 55.2 Å². The fraction of sp³-hybridized carbons (Fsp3) is 0.714. The Hall–Kier alpha value is -1.16. The van der Waals surface area contributed by atoms with Crippen molar-refractivity contribution in [2.75, 3.05) is 18.5 Å². The summed E-state index contributed by atoms with van der Waals surface area (Å²) in [4.78, 5) is 2.15. The predicted molar refractivity (Wildman–Crippen MR) is 76.8 cm³/mol. The van der Waals surface area contributed by atoms with E-state index in [1.165, 1.54) is 12.8 Å². The summed E-state index contributed by atoms with van der Waals surface area (Å²) in [5.74, 6) is 0.947. The molecule has 1 heterocycles. The highest BCUT2D eigenvalue weighted by molar-refractivity contribution is 5.35. The summed E-state index contributed by atoms with van der Waals surface area (Å²) >= 11 is 0. The fourth-order valence-corrected chi connectivity index (χ4v) is 1.52. The van der Waals surface area contributed by atoms with Crippen LogP contribution in [-0.2, 0) is 6.54 Å². The summed E-state index contributed by atoms with van der Waals surface area (Å²) in [5.41, 5.74) is 1.09. The molecule has 18 heavy (non-hydrogen) atoms. The summed E-state index contributed by atoms with van der Waals surface area (Å²) in [5, 5.41) is 11.9. The average Bonchev–Trinajstić information content (AvgIpc) is 2.33. The Labute approximate surface area is 111 Å². The number of nitrogens with zero attached hydrogens (tertiary/aromatic N) is 3. The summed E-state index contributed by atoms with van der Waals surface area (Å²) in [7, 11) is 2.06. The van der Waals surface area contributed by atoms with Gasteiger partial charge >= 0.3 is 0 Å². The van der Waals surface area contributed by atoms with E-state index >= 15 is 0 Å². The highest BCUT2D eigenvalue weighted by Gasteiger charge is 2.09. The van der Waals surface area contributed by atoms with Gasteiger partial charge in [-0.25, -0.2) is 0 Å². The van der Waals surface area contributed by atoms with E-state index in [4.69, 9.17) is 0 Å². The highest BCUT2D eigenvalue weighted by Crippen LogP contribution is 2.09. The second-order valence-electron chi connectivity index (χ2n) is 5.76. The Bertz CT molecular complexity index is 340. The zero-order valence-corrected chi connectivity index (χ0v) is 12.3. The molecule has 1 N–H and O–H groups in total. The van der Waals surface area contributed by atoms with Crippen molar-refractivity contribution in [2.24, 2.45) is 0 Å². The number of nitrogens with one attached hydrogen (secondary N) is 1. The molecule has 0 aliphatic heterocycles. The number of aromatic nitrogens is 2. The van der Waals surface area contributed by atoms with Gasteiger partial charge in [0.05, 0.1) is 5.69 Å². The molecular formula is C14H26N4. The van der Waals surface area contributed by atoms with Crippen LogP contribution >= 0.6 is 0 Å². The fourth-order valence-electron chi connectivity index (χ4n) is 1.52. The molecule has 0 amide bonds. The van der Waals surface area contributed by atoms with Crippen molar-refractivity contribution in [3.05, 3.63) is 17.8 Å². The summed E-state index contributed by atoms with van der Waals surface area (Å²) in [6.07, 6.45) is 2.39. The molecule has 1 aromatic heterocycles. The number of anilines is 1. The van der Waals surface area contributed by atoms with Crippen LogP contribution in [0.4, 0.5) is 5.82 Å². The zero-order chi connectivity index (χ0) is 13.6. The van der Waals surface area contributed by atoms with Gasteiger partial charge in [0.15, 0.2) is 5.82 Å². The second kappa shape index (κ2) is 6.69. The van der Waals surface area contributed by atoms with Gasteiger partial charge in [0.25, 0.3) is 0 Å². The second-order valence-corrected chi connectivity index (χ2v) is 5.76. The number of unbranched alkanes of at least 4 members (excludes halogenated alkanes) is 1. The lowest BCUT2D eigenvalue weighted by Gasteiger charge is -2.20. The van der Waals surface area contributed by atoms with Crippen LogP contribution in [0.5, 0.6) is 0 Å². The molecule has 0 aliphatic carbocycles. The maximum absolute atomic E-state index is 4.27. The van der Waals surface area contributed by atoms with Gasteiger partial charge in [-0.2, -0.15) is 5.10 Å². The minimum atomic E-state index is 0.109. The summed E-state index contributed by atoms with van der Waals surface area (Å²) in [6, 6.07) is 4.09. The van der Waals surface area contributed by atoms with Gasteiger partial charge in [-0.3, -0.25) is 0 Å². The Morgan fingerprint density at radius 2 is 1.94 bits per heavy atom. The van der Waals surface area contributed by atoms with Gasteiger partial charge in [-0.1, -0.05) is 13.3 Å². The average molecular weight is 250 g/mol. The Balaban J connectivity index is 2.52. The molecule has 0 saturated carbocycles. The lowest BCUT2D eigenvalue weighted by molar-refractivity contribution is 0.420. The van der Waals surface area contributed by atoms with E-state index in [9.17, 15) is 0 Å². The summed E-state index contributed by atoms with van der Waals surface area (Å²) in [6.45, 7) is 10.4. The molecule has 0 saturated heterocycles. The minimum Gasteiger partial charge on any atom is -0.358 e. The van der Waals surface area contributed by atoms with Crippen LogP contribution in [0.1, 0.15) is 46.2 Å². The van der Waals surface area contributed by atoms with Crippen LogP contribution < -0.4 is 10.2 Å². The van der Waals surface area contributed by atoms with E-state index in [1.54, 1.807) is 0 Å². The highest BCUT2D eigenvalue weighted by atomic mass is 15.2. The predicted octanol–water partition coefficient (Wildman–Crippen LogP) is 2.60. The van der Waals surface area contributed by atoms with Gasteiger partial charge in [0.1, 0.15) is 0 Å². The van der Waals surface area contributed by atoms with Crippen molar-refractivity contribution in [3.63, 3.8) is 0 Å². The zero-order valence-electron chi connectivity index (χ0n) is 12.3. The van der Waals surface area contributed by atoms with Crippen molar-refractivity contribution >= 4 is 5.82 Å². The molecule has 0 aromatic carbocycles. The SMILES string of the molecule is CCCCN(C)c1ccc(CNC(C)(C)C)nn1. The number of hydrogen-bond donors (Lipinski definition) is 1. The van der Waals surface area contributed by atoms with Crippen molar-refractivity contribution in [1.82, 2.24) is 15.5 Å². The molecule has 4 heteroatoms. The molecule has 1 rings (SSSR count). The molecule has 0 bridgehead atoms. The van der Waals surface area contributed by atoms with E-state index in [-0.39, 0.29) is 5.54 Å². The van der Waals surface area contributed by atoms with Crippen LogP contribution in [0.2, 0.25) is 0 Å². The first-order chi connectivity index (χ1) is 8.42. The standard InChI is InChI=1S/C14H26N4/c1-6-7-10-18(5)13-9-8-12(16-17-13)11-15-14(2,3)4/h8-9,15H,6-7,10-11H2,1-5H3. The van der Waals surface area contributed by atoms with Gasteiger partial charge in [0, 0.05) is 25.7 Å². The third-order valence-corrected chi connectivity index (χ3v) is 2.74. The topological polar surface area (TPSA) is 41.0 Å².